The van der Waals surface area contributed by atoms with E-state index in [9.17, 15) is 14.4 Å². The van der Waals surface area contributed by atoms with Gasteiger partial charge in [-0.25, -0.2) is 0 Å². The maximum atomic E-state index is 12.8. The van der Waals surface area contributed by atoms with Crippen LogP contribution < -0.4 is 10.2 Å². The zero-order chi connectivity index (χ0) is 17.3. The predicted molar refractivity (Wildman–Crippen MR) is 90.7 cm³/mol. The van der Waals surface area contributed by atoms with Crippen LogP contribution in [0.1, 0.15) is 12.8 Å². The van der Waals surface area contributed by atoms with Crippen molar-refractivity contribution in [1.29, 1.82) is 0 Å². The standard InChI is InChI=1S/C17H22N4O3/c1-19(2)17(24)14-8-5-9-20(14)11-16(23)21-10-15(22)18-12-6-3-4-7-13(12)21/h3-4,6-7,14H,5,8-11H2,1-2H3,(H,18,22)/t14-/m0/s1. The molecule has 2 heterocycles. The van der Waals surface area contributed by atoms with Crippen LogP contribution >= 0.6 is 0 Å². The molecular formula is C17H22N4O3. The molecule has 0 bridgehead atoms. The Balaban J connectivity index is 1.75. The summed E-state index contributed by atoms with van der Waals surface area (Å²) < 4.78 is 0. The molecule has 7 nitrogen and oxygen atoms in total. The van der Waals surface area contributed by atoms with Gasteiger partial charge in [0.2, 0.25) is 17.7 Å². The Morgan fingerprint density at radius 3 is 2.79 bits per heavy atom. The molecule has 0 aromatic heterocycles. The molecule has 1 fully saturated rings. The van der Waals surface area contributed by atoms with Crippen LogP contribution in [-0.4, -0.2) is 67.3 Å². The quantitative estimate of drug-likeness (QED) is 0.877. The van der Waals surface area contributed by atoms with Crippen molar-refractivity contribution in [1.82, 2.24) is 9.80 Å². The number of hydrogen-bond acceptors (Lipinski definition) is 4. The van der Waals surface area contributed by atoms with Gasteiger partial charge >= 0.3 is 0 Å². The van der Waals surface area contributed by atoms with E-state index in [-0.39, 0.29) is 36.9 Å². The molecule has 128 valence electrons. The zero-order valence-corrected chi connectivity index (χ0v) is 14.0. The molecule has 3 amide bonds. The Hall–Kier alpha value is -2.41. The molecule has 24 heavy (non-hydrogen) atoms. The first kappa shape index (κ1) is 16.4. The van der Waals surface area contributed by atoms with Gasteiger partial charge in [-0.15, -0.1) is 0 Å². The molecule has 0 radical (unpaired) electrons. The van der Waals surface area contributed by atoms with Crippen molar-refractivity contribution in [3.8, 4) is 0 Å². The highest BCUT2D eigenvalue weighted by Crippen LogP contribution is 2.29. The number of carbonyl (C=O) groups is 3. The van der Waals surface area contributed by atoms with Gasteiger partial charge in [-0.3, -0.25) is 24.2 Å². The minimum atomic E-state index is -0.252. The maximum Gasteiger partial charge on any atom is 0.244 e. The molecule has 3 rings (SSSR count). The third-order valence-electron chi connectivity index (χ3n) is 4.50. The number of hydrogen-bond donors (Lipinski definition) is 1. The number of rotatable bonds is 3. The molecule has 1 atom stereocenters. The lowest BCUT2D eigenvalue weighted by atomic mass is 10.1. The zero-order valence-electron chi connectivity index (χ0n) is 14.0. The third-order valence-corrected chi connectivity index (χ3v) is 4.50. The molecule has 0 aliphatic carbocycles. The molecular weight excluding hydrogens is 308 g/mol. The van der Waals surface area contributed by atoms with Gasteiger partial charge in [0.1, 0.15) is 6.54 Å². The number of para-hydroxylation sites is 2. The van der Waals surface area contributed by atoms with Crippen molar-refractivity contribution in [2.24, 2.45) is 0 Å². The van der Waals surface area contributed by atoms with Crippen LogP contribution in [0.2, 0.25) is 0 Å². The van der Waals surface area contributed by atoms with Gasteiger partial charge in [0.05, 0.1) is 24.0 Å². The van der Waals surface area contributed by atoms with Gasteiger partial charge in [0.15, 0.2) is 0 Å². The summed E-state index contributed by atoms with van der Waals surface area (Å²) in [5.74, 6) is -0.336. The van der Waals surface area contributed by atoms with Gasteiger partial charge in [-0.2, -0.15) is 0 Å². The Morgan fingerprint density at radius 1 is 1.29 bits per heavy atom. The summed E-state index contributed by atoms with van der Waals surface area (Å²) >= 11 is 0. The number of anilines is 2. The van der Waals surface area contributed by atoms with E-state index >= 15 is 0 Å². The summed E-state index contributed by atoms with van der Waals surface area (Å²) in [4.78, 5) is 41.9. The summed E-state index contributed by atoms with van der Waals surface area (Å²) in [5.41, 5.74) is 1.35. The van der Waals surface area contributed by atoms with Crippen LogP contribution in [0.25, 0.3) is 0 Å². The molecule has 1 saturated heterocycles. The predicted octanol–water partition coefficient (Wildman–Crippen LogP) is 0.524. The first-order chi connectivity index (χ1) is 11.5. The van der Waals surface area contributed by atoms with E-state index in [0.717, 1.165) is 19.4 Å². The fourth-order valence-electron chi connectivity index (χ4n) is 3.31. The topological polar surface area (TPSA) is 73.0 Å². The molecule has 2 aliphatic rings. The third kappa shape index (κ3) is 3.12. The molecule has 7 heteroatoms. The largest absolute Gasteiger partial charge is 0.347 e. The molecule has 1 aromatic rings. The van der Waals surface area contributed by atoms with E-state index in [1.54, 1.807) is 25.1 Å². The van der Waals surface area contributed by atoms with Gasteiger partial charge in [-0.1, -0.05) is 12.1 Å². The van der Waals surface area contributed by atoms with E-state index < -0.39 is 0 Å². The van der Waals surface area contributed by atoms with Crippen LogP contribution in [0.15, 0.2) is 24.3 Å². The lowest BCUT2D eigenvalue weighted by Crippen LogP contribution is -2.50. The van der Waals surface area contributed by atoms with Crippen LogP contribution in [0.5, 0.6) is 0 Å². The maximum absolute atomic E-state index is 12.8. The number of nitrogens with zero attached hydrogens (tertiary/aromatic N) is 3. The van der Waals surface area contributed by atoms with Crippen LogP contribution in [0.4, 0.5) is 11.4 Å². The Kier molecular flexibility index (Phi) is 4.53. The summed E-state index contributed by atoms with van der Waals surface area (Å²) in [5, 5.41) is 2.77. The number of likely N-dealkylation sites (N-methyl/N-ethyl adjacent to an activating group) is 1. The van der Waals surface area contributed by atoms with Crippen molar-refractivity contribution in [3.05, 3.63) is 24.3 Å². The fourth-order valence-corrected chi connectivity index (χ4v) is 3.31. The number of carbonyl (C=O) groups excluding carboxylic acids is 3. The molecule has 1 aromatic carbocycles. The van der Waals surface area contributed by atoms with Gasteiger partial charge in [0.25, 0.3) is 0 Å². The normalized spacial score (nSPS) is 20.5. The number of likely N-dealkylation sites (tertiary alicyclic amines) is 1. The first-order valence-corrected chi connectivity index (χ1v) is 8.12. The number of nitrogens with one attached hydrogen (secondary N) is 1. The highest BCUT2D eigenvalue weighted by molar-refractivity contribution is 6.10. The average molecular weight is 330 g/mol. The van der Waals surface area contributed by atoms with E-state index in [2.05, 4.69) is 5.32 Å². The number of amides is 3. The summed E-state index contributed by atoms with van der Waals surface area (Å²) in [6.45, 7) is 0.875. The van der Waals surface area contributed by atoms with Crippen molar-refractivity contribution >= 4 is 29.1 Å². The van der Waals surface area contributed by atoms with Crippen LogP contribution in [-0.2, 0) is 14.4 Å². The van der Waals surface area contributed by atoms with Gasteiger partial charge < -0.3 is 10.2 Å². The minimum absolute atomic E-state index is 0.00990. The Bertz CT molecular complexity index is 674. The van der Waals surface area contributed by atoms with Crippen LogP contribution in [0, 0.1) is 0 Å². The molecule has 2 aliphatic heterocycles. The van der Waals surface area contributed by atoms with Crippen molar-refractivity contribution in [2.45, 2.75) is 18.9 Å². The van der Waals surface area contributed by atoms with E-state index in [1.807, 2.05) is 23.1 Å². The number of fused-ring (bicyclic) bond motifs is 1. The molecule has 0 saturated carbocycles. The van der Waals surface area contributed by atoms with Crippen molar-refractivity contribution in [3.63, 3.8) is 0 Å². The lowest BCUT2D eigenvalue weighted by molar-refractivity contribution is -0.134. The summed E-state index contributed by atoms with van der Waals surface area (Å²) in [6, 6.07) is 7.00. The molecule has 0 spiro atoms. The first-order valence-electron chi connectivity index (χ1n) is 8.12. The summed E-state index contributed by atoms with van der Waals surface area (Å²) in [7, 11) is 3.46. The Morgan fingerprint density at radius 2 is 2.04 bits per heavy atom. The van der Waals surface area contributed by atoms with E-state index in [0.29, 0.717) is 11.4 Å². The molecule has 0 unspecified atom stereocenters. The fraction of sp³-hybridized carbons (Fsp3) is 0.471. The van der Waals surface area contributed by atoms with Crippen molar-refractivity contribution < 1.29 is 14.4 Å². The average Bonchev–Trinajstić information content (AvgIpc) is 3.01. The second-order valence-corrected chi connectivity index (χ2v) is 6.41. The van der Waals surface area contributed by atoms with Gasteiger partial charge in [-0.05, 0) is 31.5 Å². The second kappa shape index (κ2) is 6.60. The summed E-state index contributed by atoms with van der Waals surface area (Å²) in [6.07, 6.45) is 1.66. The Labute approximate surface area is 141 Å². The van der Waals surface area contributed by atoms with E-state index in [1.165, 1.54) is 4.90 Å². The van der Waals surface area contributed by atoms with E-state index in [4.69, 9.17) is 0 Å². The second-order valence-electron chi connectivity index (χ2n) is 6.41. The SMILES string of the molecule is CN(C)C(=O)[C@@H]1CCCN1CC(=O)N1CC(=O)Nc2ccccc21. The highest BCUT2D eigenvalue weighted by atomic mass is 16.2. The molecule has 1 N–H and O–H groups in total. The monoisotopic (exact) mass is 330 g/mol. The smallest absolute Gasteiger partial charge is 0.244 e. The van der Waals surface area contributed by atoms with Crippen LogP contribution in [0.3, 0.4) is 0 Å². The highest BCUT2D eigenvalue weighted by Gasteiger charge is 2.35. The number of benzene rings is 1. The van der Waals surface area contributed by atoms with Gasteiger partial charge in [0, 0.05) is 14.1 Å². The minimum Gasteiger partial charge on any atom is -0.347 e. The van der Waals surface area contributed by atoms with Crippen molar-refractivity contribution in [2.75, 3.05) is 43.9 Å². The lowest BCUT2D eigenvalue weighted by Gasteiger charge is -2.32.